The van der Waals surface area contributed by atoms with Crippen LogP contribution in [-0.4, -0.2) is 0 Å². The molecule has 0 bridgehead atoms. The molecule has 79 valence electrons. The lowest BCUT2D eigenvalue weighted by molar-refractivity contribution is 0.665. The van der Waals surface area contributed by atoms with E-state index in [9.17, 15) is 0 Å². The Morgan fingerprint density at radius 1 is 1.21 bits per heavy atom. The number of aryl methyl sites for hydroxylation is 2. The molecule has 0 N–H and O–H groups in total. The lowest BCUT2D eigenvalue weighted by Crippen LogP contribution is -1.89. The van der Waals surface area contributed by atoms with Crippen LogP contribution >= 0.6 is 11.3 Å². The van der Waals surface area contributed by atoms with Gasteiger partial charge < -0.3 is 0 Å². The van der Waals surface area contributed by atoms with Crippen molar-refractivity contribution in [2.45, 2.75) is 51.9 Å². The molecule has 0 nitrogen and oxygen atoms in total. The average molecular weight is 209 g/mol. The Bertz CT molecular complexity index is 237. The van der Waals surface area contributed by atoms with Gasteiger partial charge in [-0.05, 0) is 42.7 Å². The molecule has 0 aromatic carbocycles. The summed E-state index contributed by atoms with van der Waals surface area (Å²) in [6.07, 6.45) is 8.93. The Hall–Kier alpha value is -0.300. The summed E-state index contributed by atoms with van der Waals surface area (Å²) in [7, 11) is 0. The van der Waals surface area contributed by atoms with Crippen molar-refractivity contribution < 1.29 is 0 Å². The van der Waals surface area contributed by atoms with Crippen molar-refractivity contribution in [3.05, 3.63) is 28.8 Å². The lowest BCUT2D eigenvalue weighted by atomic mass is 10.1. The second-order valence-electron chi connectivity index (χ2n) is 3.78. The number of hydrogen-bond donors (Lipinski definition) is 0. The topological polar surface area (TPSA) is 0 Å². The van der Waals surface area contributed by atoms with Gasteiger partial charge in [0, 0.05) is 4.88 Å². The maximum atomic E-state index is 3.92. The highest BCUT2D eigenvalue weighted by Gasteiger charge is 2.02. The Labute approximate surface area is 92.4 Å². The zero-order chi connectivity index (χ0) is 10.2. The summed E-state index contributed by atoms with van der Waals surface area (Å²) in [5.74, 6) is 0. The summed E-state index contributed by atoms with van der Waals surface area (Å²) in [6.45, 7) is 6.18. The van der Waals surface area contributed by atoms with Crippen molar-refractivity contribution in [1.82, 2.24) is 0 Å². The van der Waals surface area contributed by atoms with Crippen LogP contribution in [0.4, 0.5) is 0 Å². The molecule has 0 fully saturated rings. The highest BCUT2D eigenvalue weighted by molar-refractivity contribution is 7.10. The first-order chi connectivity index (χ1) is 6.88. The summed E-state index contributed by atoms with van der Waals surface area (Å²) in [4.78, 5) is 1.57. The highest BCUT2D eigenvalue weighted by atomic mass is 32.1. The molecule has 0 aliphatic carbocycles. The molecular weight excluding hydrogens is 188 g/mol. The molecule has 0 spiro atoms. The summed E-state index contributed by atoms with van der Waals surface area (Å²) in [5.41, 5.74) is 1.58. The molecule has 0 saturated heterocycles. The number of thiophene rings is 1. The molecule has 14 heavy (non-hydrogen) atoms. The van der Waals surface area contributed by atoms with E-state index < -0.39 is 0 Å². The van der Waals surface area contributed by atoms with Crippen molar-refractivity contribution >= 4 is 11.3 Å². The van der Waals surface area contributed by atoms with E-state index >= 15 is 0 Å². The van der Waals surface area contributed by atoms with E-state index in [0.717, 1.165) is 6.42 Å². The molecule has 1 aromatic heterocycles. The van der Waals surface area contributed by atoms with Gasteiger partial charge in [-0.15, -0.1) is 11.3 Å². The van der Waals surface area contributed by atoms with Crippen molar-refractivity contribution in [2.24, 2.45) is 0 Å². The van der Waals surface area contributed by atoms with Crippen molar-refractivity contribution in [2.75, 3.05) is 0 Å². The number of hydrogen-bond acceptors (Lipinski definition) is 1. The van der Waals surface area contributed by atoms with Crippen LogP contribution in [0.15, 0.2) is 11.4 Å². The zero-order valence-electron chi connectivity index (χ0n) is 9.22. The minimum absolute atomic E-state index is 1.03. The van der Waals surface area contributed by atoms with Crippen LogP contribution in [0.25, 0.3) is 0 Å². The molecule has 0 saturated carbocycles. The third-order valence-electron chi connectivity index (χ3n) is 2.54. The quantitative estimate of drug-likeness (QED) is 0.574. The predicted octanol–water partition coefficient (Wildman–Crippen LogP) is 4.64. The van der Waals surface area contributed by atoms with Crippen LogP contribution in [0.2, 0.25) is 0 Å². The standard InChI is InChI=1S/C13H21S/c1-3-5-6-7-9-12-10-11-14-13(12)8-4-2/h10-11H,2-9H2,1H3. The van der Waals surface area contributed by atoms with Crippen molar-refractivity contribution in [3.63, 3.8) is 0 Å². The molecule has 1 radical (unpaired) electrons. The minimum Gasteiger partial charge on any atom is -0.149 e. The van der Waals surface area contributed by atoms with Gasteiger partial charge in [0.2, 0.25) is 0 Å². The fraction of sp³-hybridized carbons (Fsp3) is 0.615. The van der Waals surface area contributed by atoms with Crippen molar-refractivity contribution in [3.8, 4) is 0 Å². The summed E-state index contributed by atoms with van der Waals surface area (Å²) in [5, 5.41) is 2.22. The Balaban J connectivity index is 2.30. The molecule has 0 aliphatic heterocycles. The predicted molar refractivity (Wildman–Crippen MR) is 65.8 cm³/mol. The van der Waals surface area contributed by atoms with E-state index in [4.69, 9.17) is 0 Å². The average Bonchev–Trinajstić information content (AvgIpc) is 2.61. The molecule has 0 aliphatic rings. The monoisotopic (exact) mass is 209 g/mol. The summed E-state index contributed by atoms with van der Waals surface area (Å²) < 4.78 is 0. The third kappa shape index (κ3) is 3.83. The van der Waals surface area contributed by atoms with E-state index in [-0.39, 0.29) is 0 Å². The second kappa shape index (κ2) is 7.05. The van der Waals surface area contributed by atoms with Crippen LogP contribution in [0.1, 0.15) is 49.5 Å². The highest BCUT2D eigenvalue weighted by Crippen LogP contribution is 2.20. The van der Waals surface area contributed by atoms with Crippen molar-refractivity contribution in [1.29, 1.82) is 0 Å². The van der Waals surface area contributed by atoms with Gasteiger partial charge >= 0.3 is 0 Å². The largest absolute Gasteiger partial charge is 0.149 e. The van der Waals surface area contributed by atoms with Crippen LogP contribution in [0.3, 0.4) is 0 Å². The van der Waals surface area contributed by atoms with Crippen LogP contribution in [-0.2, 0) is 12.8 Å². The zero-order valence-corrected chi connectivity index (χ0v) is 10.0. The minimum atomic E-state index is 1.03. The molecule has 0 atom stereocenters. The van der Waals surface area contributed by atoms with Gasteiger partial charge in [-0.25, -0.2) is 0 Å². The van der Waals surface area contributed by atoms with Gasteiger partial charge in [0.15, 0.2) is 0 Å². The van der Waals surface area contributed by atoms with Gasteiger partial charge in [-0.2, -0.15) is 0 Å². The normalized spacial score (nSPS) is 10.7. The molecule has 0 unspecified atom stereocenters. The van der Waals surface area contributed by atoms with Gasteiger partial charge in [0.1, 0.15) is 0 Å². The molecular formula is C13H21S. The van der Waals surface area contributed by atoms with Gasteiger partial charge in [0.05, 0.1) is 0 Å². The fourth-order valence-electron chi connectivity index (χ4n) is 1.71. The molecule has 0 amide bonds. The van der Waals surface area contributed by atoms with E-state index in [1.165, 1.54) is 38.5 Å². The second-order valence-corrected chi connectivity index (χ2v) is 4.78. The SMILES string of the molecule is [CH2]CCc1sccc1CCCCCC. The Morgan fingerprint density at radius 3 is 2.79 bits per heavy atom. The Kier molecular flexibility index (Phi) is 5.93. The summed E-state index contributed by atoms with van der Waals surface area (Å²) >= 11 is 1.90. The first-order valence-corrected chi connectivity index (χ1v) is 6.61. The maximum Gasteiger partial charge on any atom is 0.00772 e. The molecule has 1 aromatic rings. The molecule has 1 rings (SSSR count). The first kappa shape index (κ1) is 11.8. The number of rotatable bonds is 7. The van der Waals surface area contributed by atoms with Gasteiger partial charge in [-0.1, -0.05) is 33.1 Å². The van der Waals surface area contributed by atoms with Crippen LogP contribution < -0.4 is 0 Å². The Morgan fingerprint density at radius 2 is 2.07 bits per heavy atom. The number of unbranched alkanes of at least 4 members (excludes halogenated alkanes) is 3. The van der Waals surface area contributed by atoms with Crippen LogP contribution in [0.5, 0.6) is 0 Å². The molecule has 1 heteroatoms. The van der Waals surface area contributed by atoms with Gasteiger partial charge in [-0.3, -0.25) is 0 Å². The summed E-state index contributed by atoms with van der Waals surface area (Å²) in [6, 6.07) is 2.29. The van der Waals surface area contributed by atoms with Crippen LogP contribution in [0, 0.1) is 6.92 Å². The maximum absolute atomic E-state index is 3.92. The smallest absolute Gasteiger partial charge is 0.00772 e. The van der Waals surface area contributed by atoms with E-state index in [1.54, 1.807) is 10.4 Å². The fourth-order valence-corrected chi connectivity index (χ4v) is 2.69. The van der Waals surface area contributed by atoms with E-state index in [0.29, 0.717) is 0 Å². The van der Waals surface area contributed by atoms with E-state index in [2.05, 4.69) is 25.3 Å². The third-order valence-corrected chi connectivity index (χ3v) is 3.56. The lowest BCUT2D eigenvalue weighted by Gasteiger charge is -2.02. The molecule has 1 heterocycles. The van der Waals surface area contributed by atoms with Gasteiger partial charge in [0.25, 0.3) is 0 Å². The van der Waals surface area contributed by atoms with E-state index in [1.807, 2.05) is 11.3 Å². The first-order valence-electron chi connectivity index (χ1n) is 5.73.